The molecular formula is C19H11F3N6O3S2. The maximum atomic E-state index is 12.7. The van der Waals surface area contributed by atoms with Gasteiger partial charge in [-0.2, -0.15) is 23.5 Å². The SMILES string of the molecule is N#Cc1cc(S(=O)(=O)Nc2nccs2)ccc1Oc1ccc(-n2ccc(C(F)(F)F)n2)nc1. The van der Waals surface area contributed by atoms with Crippen molar-refractivity contribution in [2.24, 2.45) is 0 Å². The minimum Gasteiger partial charge on any atom is -0.454 e. The van der Waals surface area contributed by atoms with Gasteiger partial charge in [-0.05, 0) is 36.4 Å². The van der Waals surface area contributed by atoms with Crippen molar-refractivity contribution in [3.05, 3.63) is 71.6 Å². The predicted octanol–water partition coefficient (Wildman–Crippen LogP) is 4.21. The number of pyridine rings is 1. The number of alkyl halides is 3. The Kier molecular flexibility index (Phi) is 5.75. The quantitative estimate of drug-likeness (QED) is 0.428. The zero-order valence-corrected chi connectivity index (χ0v) is 17.8. The lowest BCUT2D eigenvalue weighted by molar-refractivity contribution is -0.141. The van der Waals surface area contributed by atoms with Crippen molar-refractivity contribution in [1.82, 2.24) is 19.7 Å². The molecule has 0 saturated heterocycles. The van der Waals surface area contributed by atoms with E-state index in [2.05, 4.69) is 19.8 Å². The van der Waals surface area contributed by atoms with Gasteiger partial charge in [-0.15, -0.1) is 11.3 Å². The van der Waals surface area contributed by atoms with E-state index in [1.165, 1.54) is 36.7 Å². The molecule has 0 aliphatic rings. The number of anilines is 1. The number of nitriles is 1. The Morgan fingerprint density at radius 3 is 2.58 bits per heavy atom. The molecule has 1 N–H and O–H groups in total. The number of thiazole rings is 1. The van der Waals surface area contributed by atoms with Crippen molar-refractivity contribution in [2.75, 3.05) is 4.72 Å². The standard InChI is InChI=1S/C19H11F3N6O3S2/c20-19(21,22)16-5-7-28(26-16)17-4-1-13(11-25-17)31-15-3-2-14(9-12(15)10-23)33(29,30)27-18-24-6-8-32-18/h1-9,11H,(H,24,27). The summed E-state index contributed by atoms with van der Waals surface area (Å²) in [5, 5.41) is 14.6. The first-order valence-electron chi connectivity index (χ1n) is 8.89. The number of nitrogens with one attached hydrogen (secondary N) is 1. The van der Waals surface area contributed by atoms with Crippen LogP contribution >= 0.6 is 11.3 Å². The molecule has 0 saturated carbocycles. The van der Waals surface area contributed by atoms with Crippen LogP contribution in [0.25, 0.3) is 5.82 Å². The molecule has 0 fully saturated rings. The summed E-state index contributed by atoms with van der Waals surface area (Å²) in [6.07, 6.45) is -0.767. The lowest BCUT2D eigenvalue weighted by atomic mass is 10.2. The predicted molar refractivity (Wildman–Crippen MR) is 111 cm³/mol. The van der Waals surface area contributed by atoms with Gasteiger partial charge in [0, 0.05) is 17.8 Å². The summed E-state index contributed by atoms with van der Waals surface area (Å²) in [6.45, 7) is 0. The number of nitrogens with zero attached hydrogens (tertiary/aromatic N) is 5. The minimum absolute atomic E-state index is 0.0528. The third-order valence-electron chi connectivity index (χ3n) is 4.10. The van der Waals surface area contributed by atoms with E-state index < -0.39 is 21.9 Å². The molecule has 0 aliphatic carbocycles. The monoisotopic (exact) mass is 492 g/mol. The summed E-state index contributed by atoms with van der Waals surface area (Å²) < 4.78 is 72.0. The molecule has 14 heteroatoms. The van der Waals surface area contributed by atoms with E-state index in [4.69, 9.17) is 4.74 Å². The lowest BCUT2D eigenvalue weighted by Crippen LogP contribution is -2.13. The highest BCUT2D eigenvalue weighted by atomic mass is 32.2. The van der Waals surface area contributed by atoms with Crippen LogP contribution < -0.4 is 9.46 Å². The number of hydrogen-bond acceptors (Lipinski definition) is 8. The summed E-state index contributed by atoms with van der Waals surface area (Å²) in [5.41, 5.74) is -1.11. The van der Waals surface area contributed by atoms with Gasteiger partial charge in [0.1, 0.15) is 17.6 Å². The maximum Gasteiger partial charge on any atom is 0.435 e. The first-order chi connectivity index (χ1) is 15.7. The molecule has 168 valence electrons. The smallest absolute Gasteiger partial charge is 0.435 e. The van der Waals surface area contributed by atoms with Crippen LogP contribution in [0.15, 0.2) is 65.3 Å². The molecule has 0 bridgehead atoms. The number of ether oxygens (including phenoxy) is 1. The first kappa shape index (κ1) is 22.2. The van der Waals surface area contributed by atoms with E-state index in [0.29, 0.717) is 0 Å². The Hall–Kier alpha value is -3.96. The molecule has 1 aromatic carbocycles. The third-order valence-corrected chi connectivity index (χ3v) is 6.25. The summed E-state index contributed by atoms with van der Waals surface area (Å²) in [7, 11) is -3.96. The molecule has 0 radical (unpaired) electrons. The molecule has 9 nitrogen and oxygen atoms in total. The number of benzene rings is 1. The van der Waals surface area contributed by atoms with E-state index in [-0.39, 0.29) is 32.9 Å². The summed E-state index contributed by atoms with van der Waals surface area (Å²) in [6, 6.07) is 9.22. The fourth-order valence-corrected chi connectivity index (χ4v) is 4.41. The molecule has 0 spiro atoms. The van der Waals surface area contributed by atoms with E-state index in [1.54, 1.807) is 5.38 Å². The van der Waals surface area contributed by atoms with Gasteiger partial charge in [0.15, 0.2) is 16.6 Å². The molecule has 33 heavy (non-hydrogen) atoms. The molecule has 4 rings (SSSR count). The summed E-state index contributed by atoms with van der Waals surface area (Å²) in [5.74, 6) is 0.363. The van der Waals surface area contributed by atoms with E-state index in [0.717, 1.165) is 34.3 Å². The number of sulfonamides is 1. The van der Waals surface area contributed by atoms with Gasteiger partial charge in [0.05, 0.1) is 16.7 Å². The van der Waals surface area contributed by atoms with Crippen molar-refractivity contribution in [1.29, 1.82) is 5.26 Å². The molecule has 4 aromatic rings. The zero-order chi connectivity index (χ0) is 23.6. The highest BCUT2D eigenvalue weighted by Crippen LogP contribution is 2.30. The Bertz CT molecular complexity index is 1430. The Morgan fingerprint density at radius 1 is 1.15 bits per heavy atom. The molecule has 3 aromatic heterocycles. The Morgan fingerprint density at radius 2 is 1.97 bits per heavy atom. The van der Waals surface area contributed by atoms with E-state index in [1.807, 2.05) is 6.07 Å². The van der Waals surface area contributed by atoms with Crippen molar-refractivity contribution < 1.29 is 26.3 Å². The normalized spacial score (nSPS) is 11.7. The van der Waals surface area contributed by atoms with Gasteiger partial charge < -0.3 is 4.74 Å². The van der Waals surface area contributed by atoms with Crippen molar-refractivity contribution in [2.45, 2.75) is 11.1 Å². The van der Waals surface area contributed by atoms with Gasteiger partial charge in [-0.1, -0.05) is 0 Å². The van der Waals surface area contributed by atoms with E-state index in [9.17, 15) is 26.9 Å². The second-order valence-electron chi connectivity index (χ2n) is 6.31. The number of halogens is 3. The average Bonchev–Trinajstić information content (AvgIpc) is 3.46. The summed E-state index contributed by atoms with van der Waals surface area (Å²) in [4.78, 5) is 7.70. The minimum atomic E-state index is -4.57. The topological polar surface area (TPSA) is 123 Å². The fraction of sp³-hybridized carbons (Fsp3) is 0.0526. The largest absolute Gasteiger partial charge is 0.454 e. The average molecular weight is 492 g/mol. The Balaban J connectivity index is 1.53. The van der Waals surface area contributed by atoms with Gasteiger partial charge in [-0.3, -0.25) is 4.72 Å². The molecule has 0 unspecified atom stereocenters. The second kappa shape index (κ2) is 8.52. The van der Waals surface area contributed by atoms with Crippen LogP contribution in [-0.2, 0) is 16.2 Å². The highest BCUT2D eigenvalue weighted by molar-refractivity contribution is 7.93. The first-order valence-corrected chi connectivity index (χ1v) is 11.3. The maximum absolute atomic E-state index is 12.7. The van der Waals surface area contributed by atoms with Gasteiger partial charge in [0.25, 0.3) is 10.0 Å². The van der Waals surface area contributed by atoms with Crippen molar-refractivity contribution in [3.63, 3.8) is 0 Å². The zero-order valence-electron chi connectivity index (χ0n) is 16.2. The molecule has 0 amide bonds. The van der Waals surface area contributed by atoms with Gasteiger partial charge in [0.2, 0.25) is 0 Å². The van der Waals surface area contributed by atoms with Gasteiger partial charge >= 0.3 is 6.18 Å². The lowest BCUT2D eigenvalue weighted by Gasteiger charge is -2.10. The van der Waals surface area contributed by atoms with Gasteiger partial charge in [-0.25, -0.2) is 23.1 Å². The highest BCUT2D eigenvalue weighted by Gasteiger charge is 2.33. The Labute approximate surface area is 188 Å². The second-order valence-corrected chi connectivity index (χ2v) is 8.89. The summed E-state index contributed by atoms with van der Waals surface area (Å²) >= 11 is 1.10. The van der Waals surface area contributed by atoms with Crippen LogP contribution in [0.2, 0.25) is 0 Å². The number of aromatic nitrogens is 4. The van der Waals surface area contributed by atoms with Crippen molar-refractivity contribution in [3.8, 4) is 23.4 Å². The van der Waals surface area contributed by atoms with Crippen LogP contribution in [0, 0.1) is 11.3 Å². The molecule has 0 aliphatic heterocycles. The van der Waals surface area contributed by atoms with Crippen LogP contribution in [0.4, 0.5) is 18.3 Å². The van der Waals surface area contributed by atoms with Crippen LogP contribution in [0.3, 0.4) is 0 Å². The van der Waals surface area contributed by atoms with Crippen LogP contribution in [0.5, 0.6) is 11.5 Å². The van der Waals surface area contributed by atoms with Crippen molar-refractivity contribution >= 4 is 26.5 Å². The fourth-order valence-electron chi connectivity index (χ4n) is 2.60. The van der Waals surface area contributed by atoms with E-state index >= 15 is 0 Å². The molecule has 0 atom stereocenters. The molecule has 3 heterocycles. The third kappa shape index (κ3) is 4.94. The number of rotatable bonds is 6. The number of hydrogen-bond donors (Lipinski definition) is 1. The molecular weight excluding hydrogens is 481 g/mol. The van der Waals surface area contributed by atoms with Crippen LogP contribution in [0.1, 0.15) is 11.3 Å². The van der Waals surface area contributed by atoms with Crippen LogP contribution in [-0.4, -0.2) is 28.2 Å².